The molecule has 1 aliphatic heterocycles. The number of pyridine rings is 1. The fourth-order valence-electron chi connectivity index (χ4n) is 3.22. The number of phenols is 1. The molecule has 0 bridgehead atoms. The first-order valence-corrected chi connectivity index (χ1v) is 8.47. The first-order chi connectivity index (χ1) is 12.0. The highest BCUT2D eigenvalue weighted by Gasteiger charge is 2.31. The normalized spacial score (nSPS) is 16.2. The van der Waals surface area contributed by atoms with E-state index in [-0.39, 0.29) is 17.2 Å². The topological polar surface area (TPSA) is 72.9 Å². The summed E-state index contributed by atoms with van der Waals surface area (Å²) in [4.78, 5) is 11.9. The van der Waals surface area contributed by atoms with Gasteiger partial charge in [-0.2, -0.15) is 0 Å². The molecule has 4 rings (SSSR count). The van der Waals surface area contributed by atoms with Gasteiger partial charge >= 0.3 is 0 Å². The van der Waals surface area contributed by atoms with E-state index in [9.17, 15) is 9.90 Å². The zero-order valence-electron chi connectivity index (χ0n) is 13.3. The molecule has 25 heavy (non-hydrogen) atoms. The molecule has 6 nitrogen and oxygen atoms in total. The predicted molar refractivity (Wildman–Crippen MR) is 95.3 cm³/mol. The lowest BCUT2D eigenvalue weighted by molar-refractivity contribution is 0.459. The third kappa shape index (κ3) is 2.62. The van der Waals surface area contributed by atoms with Crippen molar-refractivity contribution in [3.8, 4) is 17.1 Å². The molecule has 0 aliphatic carbocycles. The number of aryl methyl sites for hydroxylation is 1. The zero-order valence-corrected chi connectivity index (χ0v) is 14.8. The molecule has 0 unspecified atom stereocenters. The van der Waals surface area contributed by atoms with E-state index in [1.807, 2.05) is 10.6 Å². The summed E-state index contributed by atoms with van der Waals surface area (Å²) in [6, 6.07) is 6.48. The van der Waals surface area contributed by atoms with Crippen LogP contribution < -0.4 is 5.56 Å². The second-order valence-electron chi connectivity index (χ2n) is 6.11. The van der Waals surface area contributed by atoms with Gasteiger partial charge in [0, 0.05) is 49.3 Å². The molecule has 1 aromatic carbocycles. The van der Waals surface area contributed by atoms with Crippen LogP contribution in [0.2, 0.25) is 10.0 Å². The van der Waals surface area contributed by atoms with Crippen LogP contribution in [0.15, 0.2) is 35.3 Å². The summed E-state index contributed by atoms with van der Waals surface area (Å²) >= 11 is 12.4. The average Bonchev–Trinajstić information content (AvgIpc) is 3.15. The zero-order chi connectivity index (χ0) is 17.7. The summed E-state index contributed by atoms with van der Waals surface area (Å²) in [6.45, 7) is 0.556. The van der Waals surface area contributed by atoms with Crippen molar-refractivity contribution in [3.05, 3.63) is 62.2 Å². The van der Waals surface area contributed by atoms with Crippen LogP contribution in [-0.4, -0.2) is 24.4 Å². The Morgan fingerprint density at radius 2 is 2.04 bits per heavy atom. The Morgan fingerprint density at radius 1 is 1.24 bits per heavy atom. The molecular weight excluding hydrogens is 363 g/mol. The highest BCUT2D eigenvalue weighted by atomic mass is 35.5. The van der Waals surface area contributed by atoms with Crippen molar-refractivity contribution in [2.75, 3.05) is 0 Å². The van der Waals surface area contributed by atoms with Gasteiger partial charge in [0.1, 0.15) is 11.6 Å². The van der Waals surface area contributed by atoms with Crippen LogP contribution >= 0.6 is 23.2 Å². The van der Waals surface area contributed by atoms with Gasteiger partial charge in [-0.25, -0.2) is 0 Å². The minimum absolute atomic E-state index is 0.0537. The molecule has 0 amide bonds. The van der Waals surface area contributed by atoms with Crippen molar-refractivity contribution in [2.24, 2.45) is 7.05 Å². The molecule has 128 valence electrons. The van der Waals surface area contributed by atoms with Crippen LogP contribution in [0.3, 0.4) is 0 Å². The average molecular weight is 377 g/mol. The SMILES string of the molecule is Cn1ccc(-c2nnc3n2C[C@H](c2c(O)ccc(Cl)c2Cl)C3)cc1=O. The van der Waals surface area contributed by atoms with Crippen molar-refractivity contribution < 1.29 is 5.11 Å². The van der Waals surface area contributed by atoms with E-state index in [1.165, 1.54) is 10.6 Å². The first kappa shape index (κ1) is 16.2. The largest absolute Gasteiger partial charge is 0.508 e. The van der Waals surface area contributed by atoms with Gasteiger partial charge in [-0.1, -0.05) is 23.2 Å². The van der Waals surface area contributed by atoms with Crippen LogP contribution in [0.1, 0.15) is 17.3 Å². The molecule has 0 radical (unpaired) electrons. The van der Waals surface area contributed by atoms with Crippen LogP contribution in [0, 0.1) is 0 Å². The second kappa shape index (κ2) is 5.89. The van der Waals surface area contributed by atoms with Crippen LogP contribution in [-0.2, 0) is 20.0 Å². The Bertz CT molecular complexity index is 1040. The molecule has 3 heterocycles. The number of benzene rings is 1. The molecule has 0 saturated carbocycles. The first-order valence-electron chi connectivity index (χ1n) is 7.71. The van der Waals surface area contributed by atoms with E-state index in [1.54, 1.807) is 25.4 Å². The summed E-state index contributed by atoms with van der Waals surface area (Å²) in [5, 5.41) is 19.4. The molecular formula is C17H14Cl2N4O2. The van der Waals surface area contributed by atoms with Gasteiger partial charge in [0.15, 0.2) is 5.82 Å². The highest BCUT2D eigenvalue weighted by molar-refractivity contribution is 6.42. The number of phenolic OH excluding ortho intramolecular Hbond substituents is 1. The predicted octanol–water partition coefficient (Wildman–Crippen LogP) is 3.00. The smallest absolute Gasteiger partial charge is 0.250 e. The molecule has 8 heteroatoms. The van der Waals surface area contributed by atoms with Crippen LogP contribution in [0.25, 0.3) is 11.4 Å². The third-order valence-electron chi connectivity index (χ3n) is 4.54. The Hall–Kier alpha value is -2.31. The third-order valence-corrected chi connectivity index (χ3v) is 5.36. The highest BCUT2D eigenvalue weighted by Crippen LogP contribution is 2.42. The van der Waals surface area contributed by atoms with E-state index in [2.05, 4.69) is 10.2 Å². The Morgan fingerprint density at radius 3 is 2.80 bits per heavy atom. The van der Waals surface area contributed by atoms with Gasteiger partial charge in [0.2, 0.25) is 0 Å². The van der Waals surface area contributed by atoms with Gasteiger partial charge in [0.25, 0.3) is 5.56 Å². The molecule has 3 aromatic rings. The maximum Gasteiger partial charge on any atom is 0.250 e. The summed E-state index contributed by atoms with van der Waals surface area (Å²) in [5.74, 6) is 1.49. The molecule has 1 aliphatic rings. The van der Waals surface area contributed by atoms with Gasteiger partial charge < -0.3 is 14.2 Å². The maximum absolute atomic E-state index is 11.9. The lowest BCUT2D eigenvalue weighted by Gasteiger charge is -2.15. The number of rotatable bonds is 2. The van der Waals surface area contributed by atoms with Crippen molar-refractivity contribution in [3.63, 3.8) is 0 Å². The van der Waals surface area contributed by atoms with E-state index >= 15 is 0 Å². The quantitative estimate of drug-likeness (QED) is 0.745. The Balaban J connectivity index is 1.73. The van der Waals surface area contributed by atoms with Gasteiger partial charge in [-0.3, -0.25) is 4.79 Å². The van der Waals surface area contributed by atoms with Crippen molar-refractivity contribution in [1.82, 2.24) is 19.3 Å². The van der Waals surface area contributed by atoms with Crippen molar-refractivity contribution in [1.29, 1.82) is 0 Å². The minimum atomic E-state index is -0.111. The molecule has 0 saturated heterocycles. The van der Waals surface area contributed by atoms with E-state index < -0.39 is 0 Å². The maximum atomic E-state index is 11.9. The summed E-state index contributed by atoms with van der Waals surface area (Å²) in [6.07, 6.45) is 2.29. The number of nitrogens with zero attached hydrogens (tertiary/aromatic N) is 4. The molecule has 1 N–H and O–H groups in total. The number of hydrogen-bond donors (Lipinski definition) is 1. The Kier molecular flexibility index (Phi) is 3.81. The lowest BCUT2D eigenvalue weighted by Crippen LogP contribution is -2.15. The van der Waals surface area contributed by atoms with Crippen molar-refractivity contribution >= 4 is 23.2 Å². The van der Waals surface area contributed by atoms with E-state index in [0.717, 1.165) is 5.82 Å². The number of aromatic nitrogens is 4. The number of halogens is 2. The standard InChI is InChI=1S/C17H14Cl2N4O2/c1-22-5-4-9(7-14(22)25)17-21-20-13-6-10(8-23(13)17)15-12(24)3-2-11(18)16(15)19/h2-5,7,10,24H,6,8H2,1H3/t10-/m1/s1. The fraction of sp³-hybridized carbons (Fsp3) is 0.235. The summed E-state index contributed by atoms with van der Waals surface area (Å²) in [5.41, 5.74) is 1.22. The molecule has 2 aromatic heterocycles. The van der Waals surface area contributed by atoms with Gasteiger partial charge in [-0.05, 0) is 18.2 Å². The number of fused-ring (bicyclic) bond motifs is 1. The van der Waals surface area contributed by atoms with E-state index in [4.69, 9.17) is 23.2 Å². The van der Waals surface area contributed by atoms with Crippen molar-refractivity contribution in [2.45, 2.75) is 18.9 Å². The molecule has 1 atom stereocenters. The van der Waals surface area contributed by atoms with Gasteiger partial charge in [-0.15, -0.1) is 10.2 Å². The monoisotopic (exact) mass is 376 g/mol. The Labute approximate surface area is 153 Å². The second-order valence-corrected chi connectivity index (χ2v) is 6.90. The fourth-order valence-corrected chi connectivity index (χ4v) is 3.70. The number of aromatic hydroxyl groups is 1. The van der Waals surface area contributed by atoms with E-state index in [0.29, 0.717) is 40.0 Å². The van der Waals surface area contributed by atoms with Crippen LogP contribution in [0.4, 0.5) is 0 Å². The molecule has 0 fully saturated rings. The lowest BCUT2D eigenvalue weighted by atomic mass is 9.96. The van der Waals surface area contributed by atoms with Crippen LogP contribution in [0.5, 0.6) is 5.75 Å². The number of hydrogen-bond acceptors (Lipinski definition) is 4. The van der Waals surface area contributed by atoms with Gasteiger partial charge in [0.05, 0.1) is 10.0 Å². The summed E-state index contributed by atoms with van der Waals surface area (Å²) < 4.78 is 3.45. The minimum Gasteiger partial charge on any atom is -0.508 e. The summed E-state index contributed by atoms with van der Waals surface area (Å²) in [7, 11) is 1.69. The molecule has 0 spiro atoms.